The maximum atomic E-state index is 13.9. The summed E-state index contributed by atoms with van der Waals surface area (Å²) in [6, 6.07) is 5.98. The second-order valence-corrected chi connectivity index (χ2v) is 5.27. The minimum absolute atomic E-state index is 0.00375. The first kappa shape index (κ1) is 11.6. The van der Waals surface area contributed by atoms with Crippen LogP contribution in [-0.4, -0.2) is 13.1 Å². The predicted molar refractivity (Wildman–Crippen MR) is 65.2 cm³/mol. The number of aryl methyl sites for hydroxylation is 1. The lowest BCUT2D eigenvalue weighted by Crippen LogP contribution is -2.26. The molecule has 1 nitrogen and oxygen atoms in total. The van der Waals surface area contributed by atoms with Gasteiger partial charge in [-0.25, -0.2) is 4.39 Å². The summed E-state index contributed by atoms with van der Waals surface area (Å²) < 4.78 is 13.9. The van der Waals surface area contributed by atoms with Gasteiger partial charge in [0.1, 0.15) is 5.82 Å². The van der Waals surface area contributed by atoms with Crippen LogP contribution >= 0.6 is 0 Å². The fourth-order valence-corrected chi connectivity index (χ4v) is 2.83. The lowest BCUT2D eigenvalue weighted by molar-refractivity contribution is 0.440. The molecule has 88 valence electrons. The Morgan fingerprint density at radius 3 is 2.81 bits per heavy atom. The van der Waals surface area contributed by atoms with Crippen LogP contribution in [0.4, 0.5) is 4.39 Å². The zero-order chi connectivity index (χ0) is 11.8. The predicted octanol–water partition coefficient (Wildman–Crippen LogP) is 3.16. The van der Waals surface area contributed by atoms with Crippen LogP contribution in [-0.2, 0) is 5.41 Å². The summed E-state index contributed by atoms with van der Waals surface area (Å²) in [7, 11) is 1.99. The summed E-state index contributed by atoms with van der Waals surface area (Å²) in [6.45, 7) is 4.21. The van der Waals surface area contributed by atoms with E-state index >= 15 is 0 Å². The van der Waals surface area contributed by atoms with Crippen molar-refractivity contribution in [3.63, 3.8) is 0 Å². The Morgan fingerprint density at radius 1 is 1.44 bits per heavy atom. The maximum absolute atomic E-state index is 13.9. The van der Waals surface area contributed by atoms with Gasteiger partial charge in [-0.2, -0.15) is 0 Å². The molecule has 1 aliphatic rings. The van der Waals surface area contributed by atoms with Gasteiger partial charge in [-0.1, -0.05) is 24.6 Å². The molecule has 0 amide bonds. The first-order chi connectivity index (χ1) is 7.55. The van der Waals surface area contributed by atoms with Gasteiger partial charge >= 0.3 is 0 Å². The van der Waals surface area contributed by atoms with E-state index in [2.05, 4.69) is 12.2 Å². The number of nitrogens with one attached hydrogen (secondary N) is 1. The van der Waals surface area contributed by atoms with Crippen LogP contribution in [0.1, 0.15) is 37.3 Å². The van der Waals surface area contributed by atoms with Crippen LogP contribution in [0.3, 0.4) is 0 Å². The summed E-state index contributed by atoms with van der Waals surface area (Å²) in [6.07, 6.45) is 3.24. The van der Waals surface area contributed by atoms with Gasteiger partial charge in [0, 0.05) is 6.04 Å². The van der Waals surface area contributed by atoms with Crippen molar-refractivity contribution in [1.29, 1.82) is 0 Å². The summed E-state index contributed by atoms with van der Waals surface area (Å²) in [4.78, 5) is 0. The lowest BCUT2D eigenvalue weighted by Gasteiger charge is -2.25. The van der Waals surface area contributed by atoms with Crippen molar-refractivity contribution in [2.45, 2.75) is 44.6 Å². The van der Waals surface area contributed by atoms with Crippen molar-refractivity contribution in [3.05, 3.63) is 35.1 Å². The maximum Gasteiger partial charge on any atom is 0.126 e. The van der Waals surface area contributed by atoms with E-state index in [-0.39, 0.29) is 11.2 Å². The third kappa shape index (κ3) is 1.99. The molecule has 0 aliphatic heterocycles. The van der Waals surface area contributed by atoms with Crippen LogP contribution in [0.2, 0.25) is 0 Å². The highest BCUT2D eigenvalue weighted by atomic mass is 19.1. The van der Waals surface area contributed by atoms with Crippen molar-refractivity contribution in [1.82, 2.24) is 5.32 Å². The fourth-order valence-electron chi connectivity index (χ4n) is 2.83. The Labute approximate surface area is 97.1 Å². The zero-order valence-corrected chi connectivity index (χ0v) is 10.3. The summed E-state index contributed by atoms with van der Waals surface area (Å²) in [5, 5.41) is 3.30. The molecule has 16 heavy (non-hydrogen) atoms. The number of rotatable bonds is 2. The summed E-state index contributed by atoms with van der Waals surface area (Å²) in [5.74, 6) is -0.0511. The van der Waals surface area contributed by atoms with Gasteiger partial charge in [0.15, 0.2) is 0 Å². The van der Waals surface area contributed by atoms with Crippen molar-refractivity contribution in [2.75, 3.05) is 7.05 Å². The topological polar surface area (TPSA) is 12.0 Å². The molecular weight excluding hydrogens is 201 g/mol. The van der Waals surface area contributed by atoms with E-state index in [1.54, 1.807) is 6.07 Å². The SMILES string of the molecule is CNC1CCC(C)(c2cc(C)ccc2F)C1. The average Bonchev–Trinajstić information content (AvgIpc) is 2.65. The van der Waals surface area contributed by atoms with Gasteiger partial charge in [-0.15, -0.1) is 0 Å². The molecule has 1 N–H and O–H groups in total. The van der Waals surface area contributed by atoms with Crippen LogP contribution in [0.15, 0.2) is 18.2 Å². The quantitative estimate of drug-likeness (QED) is 0.809. The first-order valence-corrected chi connectivity index (χ1v) is 5.99. The van der Waals surface area contributed by atoms with Crippen LogP contribution in [0, 0.1) is 12.7 Å². The van der Waals surface area contributed by atoms with Gasteiger partial charge in [0.2, 0.25) is 0 Å². The molecule has 0 bridgehead atoms. The minimum Gasteiger partial charge on any atom is -0.317 e. The number of halogens is 1. The average molecular weight is 221 g/mol. The van der Waals surface area contributed by atoms with Crippen molar-refractivity contribution in [3.8, 4) is 0 Å². The Kier molecular flexibility index (Phi) is 3.02. The minimum atomic E-state index is -0.0511. The van der Waals surface area contributed by atoms with E-state index in [1.165, 1.54) is 0 Å². The van der Waals surface area contributed by atoms with Crippen LogP contribution in [0.25, 0.3) is 0 Å². The van der Waals surface area contributed by atoms with E-state index in [0.717, 1.165) is 30.4 Å². The summed E-state index contributed by atoms with van der Waals surface area (Å²) in [5.41, 5.74) is 2.04. The van der Waals surface area contributed by atoms with Crippen molar-refractivity contribution >= 4 is 0 Å². The van der Waals surface area contributed by atoms with Gasteiger partial charge < -0.3 is 5.32 Å². The largest absolute Gasteiger partial charge is 0.317 e. The highest BCUT2D eigenvalue weighted by Gasteiger charge is 2.37. The Balaban J connectivity index is 2.33. The first-order valence-electron chi connectivity index (χ1n) is 5.99. The van der Waals surface area contributed by atoms with Gasteiger partial charge in [0.05, 0.1) is 0 Å². The monoisotopic (exact) mass is 221 g/mol. The van der Waals surface area contributed by atoms with E-state index in [1.807, 2.05) is 26.1 Å². The van der Waals surface area contributed by atoms with Gasteiger partial charge in [0.25, 0.3) is 0 Å². The number of hydrogen-bond acceptors (Lipinski definition) is 1. The van der Waals surface area contributed by atoms with E-state index in [9.17, 15) is 4.39 Å². The standard InChI is InChI=1S/C14H20FN/c1-10-4-5-13(15)12(8-10)14(2)7-6-11(9-14)16-3/h4-5,8,11,16H,6-7,9H2,1-3H3. The molecule has 0 aromatic heterocycles. The highest BCUT2D eigenvalue weighted by molar-refractivity contribution is 5.32. The Bertz CT molecular complexity index is 388. The third-order valence-corrected chi connectivity index (χ3v) is 3.92. The lowest BCUT2D eigenvalue weighted by atomic mass is 9.80. The second-order valence-electron chi connectivity index (χ2n) is 5.27. The van der Waals surface area contributed by atoms with Gasteiger partial charge in [-0.3, -0.25) is 0 Å². The second kappa shape index (κ2) is 4.17. The Hall–Kier alpha value is -0.890. The third-order valence-electron chi connectivity index (χ3n) is 3.92. The number of benzene rings is 1. The van der Waals surface area contributed by atoms with E-state index in [0.29, 0.717) is 6.04 Å². The van der Waals surface area contributed by atoms with Crippen LogP contribution in [0.5, 0.6) is 0 Å². The molecule has 1 aromatic carbocycles. The van der Waals surface area contributed by atoms with Crippen molar-refractivity contribution < 1.29 is 4.39 Å². The molecule has 2 rings (SSSR count). The van der Waals surface area contributed by atoms with Crippen LogP contribution < -0.4 is 5.32 Å². The van der Waals surface area contributed by atoms with E-state index < -0.39 is 0 Å². The fraction of sp³-hybridized carbons (Fsp3) is 0.571. The Morgan fingerprint density at radius 2 is 2.19 bits per heavy atom. The number of hydrogen-bond donors (Lipinski definition) is 1. The van der Waals surface area contributed by atoms with Gasteiger partial charge in [-0.05, 0) is 50.3 Å². The molecule has 0 heterocycles. The smallest absolute Gasteiger partial charge is 0.126 e. The normalized spacial score (nSPS) is 29.6. The molecule has 2 unspecified atom stereocenters. The molecular formula is C14H20FN. The highest BCUT2D eigenvalue weighted by Crippen LogP contribution is 2.41. The zero-order valence-electron chi connectivity index (χ0n) is 10.3. The van der Waals surface area contributed by atoms with Crippen molar-refractivity contribution in [2.24, 2.45) is 0 Å². The molecule has 2 atom stereocenters. The molecule has 1 saturated carbocycles. The molecule has 1 fully saturated rings. The molecule has 0 saturated heterocycles. The van der Waals surface area contributed by atoms with E-state index in [4.69, 9.17) is 0 Å². The molecule has 1 aromatic rings. The molecule has 0 radical (unpaired) electrons. The summed E-state index contributed by atoms with van der Waals surface area (Å²) >= 11 is 0. The molecule has 2 heteroatoms. The molecule has 0 spiro atoms. The molecule has 1 aliphatic carbocycles.